The van der Waals surface area contributed by atoms with E-state index in [2.05, 4.69) is 31.0 Å². The third-order valence-electron chi connectivity index (χ3n) is 3.93. The number of pyridine rings is 1. The van der Waals surface area contributed by atoms with Gasteiger partial charge in [0.1, 0.15) is 0 Å². The van der Waals surface area contributed by atoms with E-state index in [4.69, 9.17) is 0 Å². The van der Waals surface area contributed by atoms with Crippen LogP contribution in [0.4, 0.5) is 0 Å². The van der Waals surface area contributed by atoms with Crippen LogP contribution < -0.4 is 10.0 Å². The van der Waals surface area contributed by atoms with Crippen molar-refractivity contribution in [3.05, 3.63) is 76.9 Å². The van der Waals surface area contributed by atoms with Gasteiger partial charge in [-0.1, -0.05) is 46.3 Å². The smallest absolute Gasteiger partial charge is 0.241 e. The number of nitrogens with one attached hydrogen (secondary N) is 2. The van der Waals surface area contributed by atoms with Gasteiger partial charge in [0.2, 0.25) is 10.0 Å². The van der Waals surface area contributed by atoms with E-state index in [0.717, 1.165) is 10.0 Å². The van der Waals surface area contributed by atoms with Gasteiger partial charge in [-0.3, -0.25) is 4.98 Å². The molecule has 0 saturated heterocycles. The van der Waals surface area contributed by atoms with E-state index < -0.39 is 10.0 Å². The van der Waals surface area contributed by atoms with Gasteiger partial charge in [-0.2, -0.15) is 0 Å². The first-order valence-electron chi connectivity index (χ1n) is 8.52. The van der Waals surface area contributed by atoms with E-state index in [-0.39, 0.29) is 4.90 Å². The molecule has 0 aliphatic rings. The van der Waals surface area contributed by atoms with Crippen molar-refractivity contribution < 1.29 is 8.42 Å². The Hall–Kier alpha value is -2.06. The molecule has 27 heavy (non-hydrogen) atoms. The molecular weight excluding hydrogens is 426 g/mol. The second-order valence-electron chi connectivity index (χ2n) is 5.88. The lowest BCUT2D eigenvalue weighted by Crippen LogP contribution is -2.32. The molecule has 1 aromatic heterocycles. The highest BCUT2D eigenvalue weighted by Gasteiger charge is 2.16. The lowest BCUT2D eigenvalue weighted by atomic mass is 10.2. The molecule has 0 bridgehead atoms. The van der Waals surface area contributed by atoms with E-state index in [0.29, 0.717) is 30.5 Å². The van der Waals surface area contributed by atoms with Crippen molar-refractivity contribution in [1.29, 1.82) is 0 Å². The van der Waals surface area contributed by atoms with Gasteiger partial charge in [0.05, 0.1) is 10.4 Å². The van der Waals surface area contributed by atoms with Gasteiger partial charge in [0, 0.05) is 35.7 Å². The van der Waals surface area contributed by atoms with Crippen LogP contribution in [-0.2, 0) is 10.0 Å². The van der Waals surface area contributed by atoms with Gasteiger partial charge in [0.15, 0.2) is 0 Å². The summed E-state index contributed by atoms with van der Waals surface area (Å²) in [5.74, 6) is 0. The molecule has 0 radical (unpaired) electrons. The van der Waals surface area contributed by atoms with Crippen LogP contribution in [0.3, 0.4) is 0 Å². The summed E-state index contributed by atoms with van der Waals surface area (Å²) in [6.45, 7) is 1.51. The summed E-state index contributed by atoms with van der Waals surface area (Å²) in [5.41, 5.74) is 1.78. The number of benzene rings is 2. The molecule has 0 aliphatic carbocycles. The van der Waals surface area contributed by atoms with Crippen LogP contribution in [0.25, 0.3) is 17.0 Å². The zero-order valence-electron chi connectivity index (χ0n) is 14.6. The Morgan fingerprint density at radius 3 is 2.63 bits per heavy atom. The minimum Gasteiger partial charge on any atom is -0.312 e. The van der Waals surface area contributed by atoms with Gasteiger partial charge in [-0.25, -0.2) is 13.1 Å². The predicted octanol–water partition coefficient (Wildman–Crippen LogP) is 3.58. The van der Waals surface area contributed by atoms with Crippen molar-refractivity contribution in [2.45, 2.75) is 4.90 Å². The largest absolute Gasteiger partial charge is 0.312 e. The maximum absolute atomic E-state index is 12.6. The van der Waals surface area contributed by atoms with E-state index in [1.54, 1.807) is 36.5 Å². The number of rotatable bonds is 8. The highest BCUT2D eigenvalue weighted by atomic mass is 79.9. The second-order valence-corrected chi connectivity index (χ2v) is 8.53. The molecule has 140 valence electrons. The minimum absolute atomic E-state index is 0.253. The van der Waals surface area contributed by atoms with Crippen LogP contribution in [0, 0.1) is 0 Å². The Morgan fingerprint density at radius 1 is 1.00 bits per heavy atom. The topological polar surface area (TPSA) is 71.1 Å². The lowest BCUT2D eigenvalue weighted by molar-refractivity contribution is 0.579. The molecule has 0 aliphatic heterocycles. The Balaban J connectivity index is 1.49. The van der Waals surface area contributed by atoms with Crippen LogP contribution in [0.1, 0.15) is 5.56 Å². The summed E-state index contributed by atoms with van der Waals surface area (Å²) >= 11 is 3.41. The molecule has 7 heteroatoms. The summed E-state index contributed by atoms with van der Waals surface area (Å²) in [4.78, 5) is 4.45. The fraction of sp³-hybridized carbons (Fsp3) is 0.150. The Kier molecular flexibility index (Phi) is 6.73. The molecule has 2 aromatic carbocycles. The summed E-state index contributed by atoms with van der Waals surface area (Å²) in [5, 5.41) is 3.82. The number of hydrogen-bond donors (Lipinski definition) is 2. The predicted molar refractivity (Wildman–Crippen MR) is 113 cm³/mol. The monoisotopic (exact) mass is 445 g/mol. The molecule has 0 saturated carbocycles. The van der Waals surface area contributed by atoms with Crippen LogP contribution in [-0.4, -0.2) is 33.0 Å². The molecule has 3 rings (SSSR count). The molecule has 0 atom stereocenters. The Labute approximate surface area is 167 Å². The zero-order valence-corrected chi connectivity index (χ0v) is 17.0. The highest BCUT2D eigenvalue weighted by molar-refractivity contribution is 9.10. The molecule has 0 unspecified atom stereocenters. The second kappa shape index (κ2) is 9.23. The average Bonchev–Trinajstić information content (AvgIpc) is 2.68. The minimum atomic E-state index is -3.58. The van der Waals surface area contributed by atoms with Gasteiger partial charge < -0.3 is 5.32 Å². The van der Waals surface area contributed by atoms with Crippen LogP contribution in [0.15, 0.2) is 76.2 Å². The van der Waals surface area contributed by atoms with Crippen molar-refractivity contribution in [3.8, 4) is 0 Å². The van der Waals surface area contributed by atoms with E-state index in [9.17, 15) is 8.42 Å². The SMILES string of the molecule is O=S(=O)(NCCNCC=Cc1ccc(Br)cc1)c1cccc2ncccc12. The van der Waals surface area contributed by atoms with Crippen molar-refractivity contribution >= 4 is 42.9 Å². The molecule has 0 spiro atoms. The Morgan fingerprint density at radius 2 is 1.81 bits per heavy atom. The van der Waals surface area contributed by atoms with E-state index >= 15 is 0 Å². The number of aromatic nitrogens is 1. The standard InChI is InChI=1S/C20H20BrN3O2S/c21-17-10-8-16(9-11-17)4-2-12-22-14-15-24-27(25,26)20-7-1-6-19-18(20)5-3-13-23-19/h1-11,13,22,24H,12,14-15H2. The van der Waals surface area contributed by atoms with Crippen LogP contribution in [0.2, 0.25) is 0 Å². The molecule has 0 amide bonds. The third kappa shape index (κ3) is 5.46. The van der Waals surface area contributed by atoms with Crippen molar-refractivity contribution in [1.82, 2.24) is 15.0 Å². The first-order valence-corrected chi connectivity index (χ1v) is 10.8. The number of sulfonamides is 1. The normalized spacial score (nSPS) is 12.0. The van der Waals surface area contributed by atoms with Crippen LogP contribution >= 0.6 is 15.9 Å². The summed E-state index contributed by atoms with van der Waals surface area (Å²) in [6, 6.07) is 16.6. The maximum atomic E-state index is 12.6. The van der Waals surface area contributed by atoms with Gasteiger partial charge in [0.25, 0.3) is 0 Å². The fourth-order valence-electron chi connectivity index (χ4n) is 2.62. The quantitative estimate of drug-likeness (QED) is 0.519. The molecular formula is C20H20BrN3O2S. The average molecular weight is 446 g/mol. The van der Waals surface area contributed by atoms with Crippen LogP contribution in [0.5, 0.6) is 0 Å². The third-order valence-corrected chi connectivity index (χ3v) is 5.98. The molecule has 5 nitrogen and oxygen atoms in total. The van der Waals surface area contributed by atoms with Crippen molar-refractivity contribution in [2.75, 3.05) is 19.6 Å². The zero-order chi connectivity index (χ0) is 19.1. The number of nitrogens with zero attached hydrogens (tertiary/aromatic N) is 1. The number of fused-ring (bicyclic) bond motifs is 1. The number of halogens is 1. The van der Waals surface area contributed by atoms with Gasteiger partial charge >= 0.3 is 0 Å². The lowest BCUT2D eigenvalue weighted by Gasteiger charge is -2.09. The van der Waals surface area contributed by atoms with Crippen molar-refractivity contribution in [3.63, 3.8) is 0 Å². The highest BCUT2D eigenvalue weighted by Crippen LogP contribution is 2.20. The molecule has 3 aromatic rings. The van der Waals surface area contributed by atoms with E-state index in [1.165, 1.54) is 0 Å². The number of hydrogen-bond acceptors (Lipinski definition) is 4. The molecule has 0 fully saturated rings. The van der Waals surface area contributed by atoms with E-state index in [1.807, 2.05) is 36.4 Å². The maximum Gasteiger partial charge on any atom is 0.241 e. The molecule has 1 heterocycles. The summed E-state index contributed by atoms with van der Waals surface area (Å²) in [7, 11) is -3.58. The summed E-state index contributed by atoms with van der Waals surface area (Å²) < 4.78 is 28.8. The van der Waals surface area contributed by atoms with Crippen molar-refractivity contribution in [2.24, 2.45) is 0 Å². The molecule has 2 N–H and O–H groups in total. The van der Waals surface area contributed by atoms with Gasteiger partial charge in [-0.15, -0.1) is 0 Å². The Bertz CT molecular complexity index is 1030. The fourth-order valence-corrected chi connectivity index (χ4v) is 4.13. The first-order chi connectivity index (χ1) is 13.1. The summed E-state index contributed by atoms with van der Waals surface area (Å²) in [6.07, 6.45) is 5.68. The first kappa shape index (κ1) is 19.7. The van der Waals surface area contributed by atoms with Gasteiger partial charge in [-0.05, 0) is 42.0 Å².